The van der Waals surface area contributed by atoms with Crippen molar-refractivity contribution in [2.75, 3.05) is 5.32 Å². The number of nitrogens with one attached hydrogen (secondary N) is 1. The molecule has 0 saturated carbocycles. The molecule has 0 aromatic heterocycles. The van der Waals surface area contributed by atoms with Crippen molar-refractivity contribution < 1.29 is 22.7 Å². The molecule has 0 spiro atoms. The summed E-state index contributed by atoms with van der Waals surface area (Å²) in [6.45, 7) is 6.74. The quantitative estimate of drug-likeness (QED) is 0.887. The van der Waals surface area contributed by atoms with Gasteiger partial charge < -0.3 is 10.5 Å². The van der Waals surface area contributed by atoms with E-state index in [2.05, 4.69) is 5.32 Å². The van der Waals surface area contributed by atoms with Crippen LogP contribution in [0.3, 0.4) is 0 Å². The lowest BCUT2D eigenvalue weighted by molar-refractivity contribution is -0.137. The topological polar surface area (TPSA) is 64.3 Å². The fraction of sp³-hybridized carbons (Fsp3) is 0.533. The average Bonchev–Trinajstić information content (AvgIpc) is 2.26. The summed E-state index contributed by atoms with van der Waals surface area (Å²) in [4.78, 5) is 11.8. The monoisotopic (exact) mass is 318 g/mol. The molecule has 0 aliphatic rings. The summed E-state index contributed by atoms with van der Waals surface area (Å²) < 4.78 is 43.5. The summed E-state index contributed by atoms with van der Waals surface area (Å²) in [6, 6.07) is 2.93. The summed E-state index contributed by atoms with van der Waals surface area (Å²) in [5.74, 6) is 0. The fourth-order valence-electron chi connectivity index (χ4n) is 1.81. The van der Waals surface area contributed by atoms with Crippen LogP contribution in [0.5, 0.6) is 0 Å². The number of carbonyl (C=O) groups is 1. The Bertz CT molecular complexity index is 535. The van der Waals surface area contributed by atoms with Gasteiger partial charge in [0.25, 0.3) is 0 Å². The number of ether oxygens (including phenoxy) is 1. The standard InChI is InChI=1S/C15H21F3N2O2/c1-9(19)7-10-5-6-11(15(16,17)18)8-12(10)20-13(21)22-14(2,3)4/h5-6,8-9H,7,19H2,1-4H3,(H,20,21)/t9-/m0/s1. The molecular formula is C15H21F3N2O2. The van der Waals surface area contributed by atoms with Crippen LogP contribution >= 0.6 is 0 Å². The number of nitrogens with two attached hydrogens (primary N) is 1. The molecule has 1 amide bonds. The molecule has 4 nitrogen and oxygen atoms in total. The van der Waals surface area contributed by atoms with Gasteiger partial charge in [0.15, 0.2) is 0 Å². The zero-order chi connectivity index (χ0) is 17.1. The molecular weight excluding hydrogens is 297 g/mol. The molecule has 3 N–H and O–H groups in total. The van der Waals surface area contributed by atoms with Crippen LogP contribution in [0, 0.1) is 0 Å². The normalized spacial score (nSPS) is 13.6. The van der Waals surface area contributed by atoms with E-state index in [4.69, 9.17) is 10.5 Å². The molecule has 0 fully saturated rings. The van der Waals surface area contributed by atoms with Gasteiger partial charge in [0.2, 0.25) is 0 Å². The van der Waals surface area contributed by atoms with Crippen molar-refractivity contribution in [1.29, 1.82) is 0 Å². The van der Waals surface area contributed by atoms with Crippen molar-refractivity contribution in [3.8, 4) is 0 Å². The highest BCUT2D eigenvalue weighted by molar-refractivity contribution is 5.86. The van der Waals surface area contributed by atoms with E-state index in [1.54, 1.807) is 27.7 Å². The van der Waals surface area contributed by atoms with E-state index in [0.29, 0.717) is 12.0 Å². The second-order valence-corrected chi connectivity index (χ2v) is 6.18. The molecule has 0 aliphatic carbocycles. The highest BCUT2D eigenvalue weighted by Crippen LogP contribution is 2.32. The first-order valence-corrected chi connectivity index (χ1v) is 6.84. The molecule has 0 radical (unpaired) electrons. The van der Waals surface area contributed by atoms with Crippen LogP contribution in [0.4, 0.5) is 23.7 Å². The Morgan fingerprint density at radius 3 is 2.36 bits per heavy atom. The molecule has 1 aromatic rings. The summed E-state index contributed by atoms with van der Waals surface area (Å²) >= 11 is 0. The summed E-state index contributed by atoms with van der Waals surface area (Å²) in [5, 5.41) is 2.37. The fourth-order valence-corrected chi connectivity index (χ4v) is 1.81. The van der Waals surface area contributed by atoms with Gasteiger partial charge in [-0.05, 0) is 51.8 Å². The lowest BCUT2D eigenvalue weighted by atomic mass is 10.0. The van der Waals surface area contributed by atoms with Crippen molar-refractivity contribution >= 4 is 11.8 Å². The van der Waals surface area contributed by atoms with Gasteiger partial charge in [0, 0.05) is 11.7 Å². The van der Waals surface area contributed by atoms with Gasteiger partial charge in [0.1, 0.15) is 5.60 Å². The lowest BCUT2D eigenvalue weighted by Crippen LogP contribution is -2.28. The van der Waals surface area contributed by atoms with Gasteiger partial charge in [-0.2, -0.15) is 13.2 Å². The Morgan fingerprint density at radius 2 is 1.91 bits per heavy atom. The predicted molar refractivity (Wildman–Crippen MR) is 78.7 cm³/mol. The molecule has 0 aliphatic heterocycles. The van der Waals surface area contributed by atoms with E-state index in [-0.39, 0.29) is 11.7 Å². The maximum Gasteiger partial charge on any atom is 0.416 e. The number of rotatable bonds is 3. The Morgan fingerprint density at radius 1 is 1.32 bits per heavy atom. The van der Waals surface area contributed by atoms with E-state index >= 15 is 0 Å². The zero-order valence-corrected chi connectivity index (χ0v) is 13.0. The van der Waals surface area contributed by atoms with Crippen LogP contribution in [0.15, 0.2) is 18.2 Å². The molecule has 0 bridgehead atoms. The number of carbonyl (C=O) groups excluding carboxylic acids is 1. The molecule has 124 valence electrons. The van der Waals surface area contributed by atoms with Crippen molar-refractivity contribution in [2.24, 2.45) is 5.73 Å². The van der Waals surface area contributed by atoms with E-state index in [1.807, 2.05) is 0 Å². The van der Waals surface area contributed by atoms with Crippen molar-refractivity contribution in [3.63, 3.8) is 0 Å². The first kappa shape index (κ1) is 18.3. The first-order valence-electron chi connectivity index (χ1n) is 6.84. The first-order chi connectivity index (χ1) is 9.88. The second kappa shape index (κ2) is 6.56. The van der Waals surface area contributed by atoms with Gasteiger partial charge in [-0.1, -0.05) is 6.07 Å². The zero-order valence-electron chi connectivity index (χ0n) is 13.0. The van der Waals surface area contributed by atoms with E-state index in [0.717, 1.165) is 12.1 Å². The molecule has 0 unspecified atom stereocenters. The number of benzene rings is 1. The Hall–Kier alpha value is -1.76. The van der Waals surface area contributed by atoms with Crippen molar-refractivity contribution in [3.05, 3.63) is 29.3 Å². The summed E-state index contributed by atoms with van der Waals surface area (Å²) in [5.41, 5.74) is 4.68. The highest BCUT2D eigenvalue weighted by atomic mass is 19.4. The smallest absolute Gasteiger partial charge is 0.416 e. The van der Waals surface area contributed by atoms with Gasteiger partial charge in [-0.3, -0.25) is 5.32 Å². The predicted octanol–water partition coefficient (Wildman–Crippen LogP) is 3.94. The molecule has 1 atom stereocenters. The number of halogens is 3. The minimum atomic E-state index is -4.49. The largest absolute Gasteiger partial charge is 0.444 e. The van der Waals surface area contributed by atoms with Gasteiger partial charge in [-0.15, -0.1) is 0 Å². The van der Waals surface area contributed by atoms with Gasteiger partial charge in [-0.25, -0.2) is 4.79 Å². The lowest BCUT2D eigenvalue weighted by Gasteiger charge is -2.21. The SMILES string of the molecule is C[C@H](N)Cc1ccc(C(F)(F)F)cc1NC(=O)OC(C)(C)C. The summed E-state index contributed by atoms with van der Waals surface area (Å²) in [7, 11) is 0. The molecule has 1 aromatic carbocycles. The average molecular weight is 318 g/mol. The Labute approximate surface area is 127 Å². The number of amides is 1. The highest BCUT2D eigenvalue weighted by Gasteiger charge is 2.31. The molecule has 1 rings (SSSR count). The van der Waals surface area contributed by atoms with Gasteiger partial charge >= 0.3 is 12.3 Å². The second-order valence-electron chi connectivity index (χ2n) is 6.18. The van der Waals surface area contributed by atoms with Crippen LogP contribution in [-0.4, -0.2) is 17.7 Å². The minimum absolute atomic E-state index is 0.0568. The maximum absolute atomic E-state index is 12.8. The van der Waals surface area contributed by atoms with Crippen LogP contribution in [-0.2, 0) is 17.3 Å². The minimum Gasteiger partial charge on any atom is -0.444 e. The number of hydrogen-bond donors (Lipinski definition) is 2. The third-order valence-electron chi connectivity index (χ3n) is 2.61. The Balaban J connectivity index is 3.09. The number of hydrogen-bond acceptors (Lipinski definition) is 3. The van der Waals surface area contributed by atoms with Gasteiger partial charge in [0.05, 0.1) is 5.56 Å². The summed E-state index contributed by atoms with van der Waals surface area (Å²) in [6.07, 6.45) is -4.96. The van der Waals surface area contributed by atoms with Crippen molar-refractivity contribution in [1.82, 2.24) is 0 Å². The third-order valence-corrected chi connectivity index (χ3v) is 2.61. The molecule has 22 heavy (non-hydrogen) atoms. The number of alkyl halides is 3. The van der Waals surface area contributed by atoms with E-state index in [9.17, 15) is 18.0 Å². The van der Waals surface area contributed by atoms with Crippen LogP contribution in [0.1, 0.15) is 38.8 Å². The van der Waals surface area contributed by atoms with Crippen LogP contribution in [0.25, 0.3) is 0 Å². The van der Waals surface area contributed by atoms with Crippen molar-refractivity contribution in [2.45, 2.75) is 51.9 Å². The maximum atomic E-state index is 12.8. The molecule has 0 heterocycles. The Kier molecular flexibility index (Phi) is 5.45. The number of anilines is 1. The van der Waals surface area contributed by atoms with E-state index in [1.165, 1.54) is 6.07 Å². The van der Waals surface area contributed by atoms with E-state index < -0.39 is 23.4 Å². The van der Waals surface area contributed by atoms with Crippen LogP contribution < -0.4 is 11.1 Å². The van der Waals surface area contributed by atoms with Crippen LogP contribution in [0.2, 0.25) is 0 Å². The third kappa shape index (κ3) is 5.93. The molecule has 7 heteroatoms. The molecule has 0 saturated heterocycles.